The van der Waals surface area contributed by atoms with Crippen molar-refractivity contribution in [2.75, 3.05) is 0 Å². The van der Waals surface area contributed by atoms with Gasteiger partial charge in [0.1, 0.15) is 0 Å². The molecule has 0 saturated heterocycles. The quantitative estimate of drug-likeness (QED) is 0.297. The Bertz CT molecular complexity index is 461. The van der Waals surface area contributed by atoms with Crippen molar-refractivity contribution < 1.29 is 15.1 Å². The van der Waals surface area contributed by atoms with Crippen LogP contribution in [0.3, 0.4) is 0 Å². The third-order valence-electron chi connectivity index (χ3n) is 2.27. The average Bonchev–Trinajstić information content (AvgIpc) is 2.80. The molecule has 4 aromatic rings. The molecule has 0 spiro atoms. The minimum Gasteiger partial charge on any atom is -0.265 e. The van der Waals surface area contributed by atoms with E-state index in [1.54, 1.807) is 49.6 Å². The van der Waals surface area contributed by atoms with E-state index in [9.17, 15) is 0 Å². The topological polar surface area (TPSA) is 51.6 Å². The molecule has 0 aliphatic heterocycles. The van der Waals surface area contributed by atoms with Gasteiger partial charge in [0.2, 0.25) is 0 Å². The zero-order valence-corrected chi connectivity index (χ0v) is 17.6. The molecule has 0 fully saturated rings. The van der Waals surface area contributed by atoms with Gasteiger partial charge in [0, 0.05) is 49.6 Å². The fourth-order valence-corrected chi connectivity index (χ4v) is 1.25. The molecule has 4 nitrogen and oxygen atoms in total. The summed E-state index contributed by atoms with van der Waals surface area (Å²) in [7, 11) is 9.67. The molecule has 0 aromatic carbocycles. The number of aromatic nitrogens is 4. The molecule has 0 radical (unpaired) electrons. The van der Waals surface area contributed by atoms with Crippen molar-refractivity contribution in [3.05, 3.63) is 122 Å². The summed E-state index contributed by atoms with van der Waals surface area (Å²) >= 11 is -0.226. The van der Waals surface area contributed by atoms with Crippen LogP contribution < -0.4 is 0 Å². The molecule has 0 unspecified atom stereocenters. The Labute approximate surface area is 176 Å². The Morgan fingerprint density at radius 1 is 0.333 bits per heavy atom. The third kappa shape index (κ3) is 23.8. The predicted molar refractivity (Wildman–Crippen MR) is 109 cm³/mol. The van der Waals surface area contributed by atoms with E-state index in [2.05, 4.69) is 19.9 Å². The maximum atomic E-state index is 4.83. The summed E-state index contributed by atoms with van der Waals surface area (Å²) in [5, 5.41) is 0. The summed E-state index contributed by atoms with van der Waals surface area (Å²) in [6.07, 6.45) is 14.0. The van der Waals surface area contributed by atoms with E-state index in [1.807, 2.05) is 72.8 Å². The van der Waals surface area contributed by atoms with Gasteiger partial charge in [0.15, 0.2) is 0 Å². The minimum absolute atomic E-state index is 0.226. The molecule has 0 aliphatic carbocycles. The van der Waals surface area contributed by atoms with Gasteiger partial charge in [-0.1, -0.05) is 24.3 Å². The predicted octanol–water partition coefficient (Wildman–Crippen LogP) is 5.70. The van der Waals surface area contributed by atoms with Crippen LogP contribution in [0.4, 0.5) is 0 Å². The molecule has 0 atom stereocenters. The van der Waals surface area contributed by atoms with Crippen molar-refractivity contribution in [1.82, 2.24) is 19.9 Å². The SMILES string of the molecule is [Cl][Rh+][Cl].c1ccncc1.c1ccncc1.c1ccncc1.c1ccncc1. The fraction of sp³-hybridized carbons (Fsp3) is 0. The zero-order valence-electron chi connectivity index (χ0n) is 14.4. The molecule has 0 N–H and O–H groups in total. The van der Waals surface area contributed by atoms with E-state index < -0.39 is 0 Å². The van der Waals surface area contributed by atoms with Crippen LogP contribution in [0.1, 0.15) is 0 Å². The van der Waals surface area contributed by atoms with Crippen molar-refractivity contribution in [1.29, 1.82) is 0 Å². The number of pyridine rings is 4. The van der Waals surface area contributed by atoms with E-state index >= 15 is 0 Å². The number of halogens is 2. The summed E-state index contributed by atoms with van der Waals surface area (Å²) in [5.41, 5.74) is 0. The first-order chi connectivity index (χ1) is 13.4. The molecule has 142 valence electrons. The van der Waals surface area contributed by atoms with Gasteiger partial charge in [-0.15, -0.1) is 0 Å². The van der Waals surface area contributed by atoms with Crippen molar-refractivity contribution in [3.63, 3.8) is 0 Å². The smallest absolute Gasteiger partial charge is 0.0267 e. The first-order valence-corrected chi connectivity index (χ1v) is 11.9. The molecular weight excluding hydrogens is 470 g/mol. The largest absolute Gasteiger partial charge is 0.265 e. The van der Waals surface area contributed by atoms with E-state index in [4.69, 9.17) is 19.4 Å². The molecule has 4 heterocycles. The molecule has 7 heteroatoms. The van der Waals surface area contributed by atoms with Crippen LogP contribution in [-0.2, 0) is 15.1 Å². The van der Waals surface area contributed by atoms with Gasteiger partial charge < -0.3 is 0 Å². The van der Waals surface area contributed by atoms with Crippen LogP contribution in [0.2, 0.25) is 0 Å². The first kappa shape index (κ1) is 24.8. The maximum absolute atomic E-state index is 4.83. The second kappa shape index (κ2) is 23.8. The van der Waals surface area contributed by atoms with E-state index in [0.717, 1.165) is 0 Å². The Hall–Kier alpha value is -2.20. The molecule has 4 aromatic heterocycles. The van der Waals surface area contributed by atoms with Crippen LogP contribution in [0.15, 0.2) is 122 Å². The molecule has 0 amide bonds. The average molecular weight is 490 g/mol. The molecular formula is C20H20Cl2N4Rh+. The van der Waals surface area contributed by atoms with Crippen molar-refractivity contribution in [2.24, 2.45) is 0 Å². The Morgan fingerprint density at radius 3 is 0.519 bits per heavy atom. The van der Waals surface area contributed by atoms with Gasteiger partial charge in [-0.2, -0.15) is 0 Å². The molecule has 0 aliphatic rings. The summed E-state index contributed by atoms with van der Waals surface area (Å²) in [6.45, 7) is 0. The second-order valence-electron chi connectivity index (χ2n) is 4.15. The number of rotatable bonds is 0. The van der Waals surface area contributed by atoms with Crippen LogP contribution in [-0.4, -0.2) is 19.9 Å². The van der Waals surface area contributed by atoms with Crippen LogP contribution in [0.5, 0.6) is 0 Å². The van der Waals surface area contributed by atoms with E-state index in [1.165, 1.54) is 0 Å². The first-order valence-electron chi connectivity index (χ1n) is 7.65. The summed E-state index contributed by atoms with van der Waals surface area (Å²) in [4.78, 5) is 15.1. The standard InChI is InChI=1S/4C5H5N.2ClH.Rh/c4*1-2-4-6-5-3-1;;;/h4*1-5H;2*1H;/q;;;;;;+3/p-2. The Kier molecular flexibility index (Phi) is 21.9. The number of nitrogens with zero attached hydrogens (tertiary/aromatic N) is 4. The van der Waals surface area contributed by atoms with Crippen LogP contribution in [0.25, 0.3) is 0 Å². The van der Waals surface area contributed by atoms with Gasteiger partial charge in [0.05, 0.1) is 0 Å². The number of hydrogen-bond acceptors (Lipinski definition) is 4. The normalized spacial score (nSPS) is 7.93. The third-order valence-corrected chi connectivity index (χ3v) is 2.27. The monoisotopic (exact) mass is 489 g/mol. The summed E-state index contributed by atoms with van der Waals surface area (Å²) in [6, 6.07) is 22.9. The van der Waals surface area contributed by atoms with E-state index in [-0.39, 0.29) is 15.1 Å². The van der Waals surface area contributed by atoms with Crippen LogP contribution in [0, 0.1) is 0 Å². The van der Waals surface area contributed by atoms with Crippen molar-refractivity contribution in [3.8, 4) is 0 Å². The number of hydrogen-bond donors (Lipinski definition) is 0. The molecule has 0 saturated carbocycles. The minimum atomic E-state index is -0.226. The van der Waals surface area contributed by atoms with Crippen molar-refractivity contribution >= 4 is 19.4 Å². The van der Waals surface area contributed by atoms with Gasteiger partial charge in [-0.25, -0.2) is 0 Å². The summed E-state index contributed by atoms with van der Waals surface area (Å²) < 4.78 is 0. The fourth-order valence-electron chi connectivity index (χ4n) is 1.25. The molecule has 0 bridgehead atoms. The molecule has 4 rings (SSSR count). The Morgan fingerprint density at radius 2 is 0.481 bits per heavy atom. The van der Waals surface area contributed by atoms with Gasteiger partial charge in [-0.3, -0.25) is 19.9 Å². The van der Waals surface area contributed by atoms with Gasteiger partial charge >= 0.3 is 34.5 Å². The summed E-state index contributed by atoms with van der Waals surface area (Å²) in [5.74, 6) is 0. The zero-order chi connectivity index (χ0) is 19.7. The van der Waals surface area contributed by atoms with Crippen molar-refractivity contribution in [2.45, 2.75) is 0 Å². The Balaban J connectivity index is 0.000000319. The molecule has 27 heavy (non-hydrogen) atoms. The second-order valence-corrected chi connectivity index (χ2v) is 6.63. The van der Waals surface area contributed by atoms with Crippen LogP contribution >= 0.6 is 19.4 Å². The van der Waals surface area contributed by atoms with E-state index in [0.29, 0.717) is 0 Å². The van der Waals surface area contributed by atoms with Gasteiger partial charge in [-0.05, 0) is 48.5 Å². The maximum Gasteiger partial charge on any atom is 0.0267 e. The van der Waals surface area contributed by atoms with Gasteiger partial charge in [0.25, 0.3) is 0 Å².